The monoisotopic (exact) mass is 360 g/mol. The Morgan fingerprint density at radius 3 is 1.65 bits per heavy atom. The highest BCUT2D eigenvalue weighted by Crippen LogP contribution is 2.64. The number of rotatable bonds is 4. The van der Waals surface area contributed by atoms with E-state index in [4.69, 9.17) is 0 Å². The fourth-order valence-electron chi connectivity index (χ4n) is 4.59. The molecule has 0 aromatic heterocycles. The molecule has 26 heavy (non-hydrogen) atoms. The molecule has 3 aromatic carbocycles. The molecule has 0 aliphatic heterocycles. The maximum absolute atomic E-state index is 13.1. The molecule has 0 amide bonds. The summed E-state index contributed by atoms with van der Waals surface area (Å²) in [6.45, 7) is 0. The standard InChI is InChI=1S/C24H25OP/c25-23-18-10-11-19-24(23)26(20-12-4-1-5-13-20,21-14-6-2-7-15-21)22-16-8-3-9-17-22/h1-2,4-7,10-15,18-19,22H,3,8-9,16-17H2. The van der Waals surface area contributed by atoms with Gasteiger partial charge in [-0.25, -0.2) is 0 Å². The molecule has 1 fully saturated rings. The molecule has 2 heteroatoms. The van der Waals surface area contributed by atoms with E-state index in [9.17, 15) is 5.11 Å². The highest BCUT2D eigenvalue weighted by Gasteiger charge is 2.52. The second kappa shape index (κ2) is 7.64. The van der Waals surface area contributed by atoms with E-state index in [1.807, 2.05) is 12.1 Å². The third kappa shape index (κ3) is 2.95. The number of hydrogen-bond donors (Lipinski definition) is 0. The van der Waals surface area contributed by atoms with Crippen molar-refractivity contribution >= 4 is 23.2 Å². The van der Waals surface area contributed by atoms with E-state index in [0.29, 0.717) is 5.66 Å². The van der Waals surface area contributed by atoms with Crippen molar-refractivity contribution in [3.05, 3.63) is 84.9 Å². The Kier molecular flexibility index (Phi) is 5.09. The van der Waals surface area contributed by atoms with E-state index in [2.05, 4.69) is 66.7 Å². The summed E-state index contributed by atoms with van der Waals surface area (Å²) in [7, 11) is -1.98. The second-order valence-corrected chi connectivity index (χ2v) is 10.8. The molecular weight excluding hydrogens is 335 g/mol. The van der Waals surface area contributed by atoms with Crippen molar-refractivity contribution in [2.75, 3.05) is 0 Å². The maximum atomic E-state index is 13.1. The average Bonchev–Trinajstić information content (AvgIpc) is 2.72. The van der Waals surface area contributed by atoms with Crippen LogP contribution in [0, 0.1) is 0 Å². The van der Waals surface area contributed by atoms with Gasteiger partial charge >= 0.3 is 0 Å². The van der Waals surface area contributed by atoms with Crippen LogP contribution in [-0.4, -0.2) is 5.66 Å². The van der Waals surface area contributed by atoms with Crippen LogP contribution in [0.1, 0.15) is 32.1 Å². The Labute approximate surface area is 157 Å². The summed E-state index contributed by atoms with van der Waals surface area (Å²) in [5.74, 6) is 0.194. The lowest BCUT2D eigenvalue weighted by Crippen LogP contribution is -2.40. The molecule has 1 saturated carbocycles. The highest BCUT2D eigenvalue weighted by atomic mass is 31.2. The fourth-order valence-corrected chi connectivity index (χ4v) is 9.85. The van der Waals surface area contributed by atoms with Gasteiger partial charge in [0, 0.05) is 0 Å². The van der Waals surface area contributed by atoms with E-state index in [1.54, 1.807) is 6.07 Å². The van der Waals surface area contributed by atoms with E-state index >= 15 is 0 Å². The molecule has 0 bridgehead atoms. The first-order chi connectivity index (χ1) is 12.8. The van der Waals surface area contributed by atoms with Crippen LogP contribution in [0.2, 0.25) is 0 Å². The Bertz CT molecular complexity index is 799. The molecule has 132 valence electrons. The quantitative estimate of drug-likeness (QED) is 0.633. The van der Waals surface area contributed by atoms with E-state index in [0.717, 1.165) is 5.30 Å². The summed E-state index contributed by atoms with van der Waals surface area (Å²) >= 11 is 0. The van der Waals surface area contributed by atoms with Crippen LogP contribution in [0.15, 0.2) is 84.9 Å². The van der Waals surface area contributed by atoms with Crippen LogP contribution in [0.5, 0.6) is 5.75 Å². The third-order valence-electron chi connectivity index (χ3n) is 5.69. The number of benzene rings is 3. The number of hydrogen-bond acceptors (Lipinski definition) is 1. The average molecular weight is 360 g/mol. The largest absolute Gasteiger partial charge is 0.870 e. The van der Waals surface area contributed by atoms with Crippen LogP contribution < -0.4 is 21.0 Å². The topological polar surface area (TPSA) is 23.1 Å². The molecule has 0 unspecified atom stereocenters. The molecule has 0 spiro atoms. The van der Waals surface area contributed by atoms with Crippen LogP contribution >= 0.6 is 7.26 Å². The Morgan fingerprint density at radius 1 is 0.615 bits per heavy atom. The zero-order chi connectivity index (χ0) is 17.8. The van der Waals surface area contributed by atoms with Crippen LogP contribution in [0.3, 0.4) is 0 Å². The van der Waals surface area contributed by atoms with E-state index in [1.165, 1.54) is 42.7 Å². The summed E-state index contributed by atoms with van der Waals surface area (Å²) in [5.41, 5.74) is 0.552. The highest BCUT2D eigenvalue weighted by molar-refractivity contribution is 7.96. The normalized spacial score (nSPS) is 15.7. The summed E-state index contributed by atoms with van der Waals surface area (Å²) in [5, 5.41) is 16.8. The lowest BCUT2D eigenvalue weighted by Gasteiger charge is -2.38. The van der Waals surface area contributed by atoms with Gasteiger partial charge in [-0.2, -0.15) is 0 Å². The van der Waals surface area contributed by atoms with Gasteiger partial charge in [-0.05, 0) is 56.0 Å². The first-order valence-corrected chi connectivity index (χ1v) is 11.5. The maximum Gasteiger partial charge on any atom is 0.114 e. The fraction of sp³-hybridized carbons (Fsp3) is 0.250. The van der Waals surface area contributed by atoms with Gasteiger partial charge in [0.25, 0.3) is 0 Å². The second-order valence-electron chi connectivity index (χ2n) is 7.15. The van der Waals surface area contributed by atoms with Crippen molar-refractivity contribution in [2.45, 2.75) is 37.8 Å². The molecule has 0 saturated heterocycles. The molecule has 0 atom stereocenters. The molecule has 3 aromatic rings. The minimum absolute atomic E-state index is 0.194. The third-order valence-corrected chi connectivity index (χ3v) is 10.7. The van der Waals surface area contributed by atoms with Crippen molar-refractivity contribution < 1.29 is 5.11 Å². The van der Waals surface area contributed by atoms with Gasteiger partial charge in [0.2, 0.25) is 0 Å². The molecule has 0 N–H and O–H groups in total. The molecule has 1 aliphatic rings. The Morgan fingerprint density at radius 2 is 1.12 bits per heavy atom. The molecule has 4 rings (SSSR count). The molecule has 1 nitrogen and oxygen atoms in total. The van der Waals surface area contributed by atoms with Gasteiger partial charge in [-0.1, -0.05) is 66.8 Å². The predicted octanol–water partition coefficient (Wildman–Crippen LogP) is 4.39. The zero-order valence-electron chi connectivity index (χ0n) is 15.1. The SMILES string of the molecule is [O-]c1ccccc1[P+](c1ccccc1)(c1ccccc1)C1CCCCC1. The molecular formula is C24H25OP. The van der Waals surface area contributed by atoms with Gasteiger partial charge < -0.3 is 5.11 Å². The minimum atomic E-state index is -1.98. The van der Waals surface area contributed by atoms with Crippen LogP contribution in [-0.2, 0) is 0 Å². The minimum Gasteiger partial charge on any atom is -0.870 e. The van der Waals surface area contributed by atoms with Gasteiger partial charge in [-0.15, -0.1) is 0 Å². The van der Waals surface area contributed by atoms with Crippen molar-refractivity contribution in [2.24, 2.45) is 0 Å². The summed E-state index contributed by atoms with van der Waals surface area (Å²) in [4.78, 5) is 0. The van der Waals surface area contributed by atoms with Gasteiger partial charge in [0.05, 0.1) is 11.0 Å². The summed E-state index contributed by atoms with van der Waals surface area (Å²) < 4.78 is 0. The van der Waals surface area contributed by atoms with Gasteiger partial charge in [-0.3, -0.25) is 0 Å². The van der Waals surface area contributed by atoms with Crippen LogP contribution in [0.4, 0.5) is 0 Å². The van der Waals surface area contributed by atoms with Gasteiger partial charge in [0.1, 0.15) is 17.9 Å². The first kappa shape index (κ1) is 17.3. The van der Waals surface area contributed by atoms with E-state index in [-0.39, 0.29) is 5.75 Å². The summed E-state index contributed by atoms with van der Waals surface area (Å²) in [6.07, 6.45) is 6.29. The van der Waals surface area contributed by atoms with Crippen molar-refractivity contribution in [1.29, 1.82) is 0 Å². The molecule has 0 radical (unpaired) electrons. The van der Waals surface area contributed by atoms with Crippen molar-refractivity contribution in [3.8, 4) is 5.75 Å². The Hall–Kier alpha value is -2.11. The zero-order valence-corrected chi connectivity index (χ0v) is 15.9. The number of para-hydroxylation sites is 1. The lowest BCUT2D eigenvalue weighted by atomic mass is 10.0. The first-order valence-electron chi connectivity index (χ1n) is 9.60. The predicted molar refractivity (Wildman–Crippen MR) is 111 cm³/mol. The van der Waals surface area contributed by atoms with Crippen LogP contribution in [0.25, 0.3) is 0 Å². The summed E-state index contributed by atoms with van der Waals surface area (Å²) in [6, 6.07) is 29.4. The Balaban J connectivity index is 2.05. The van der Waals surface area contributed by atoms with E-state index < -0.39 is 7.26 Å². The lowest BCUT2D eigenvalue weighted by molar-refractivity contribution is -0.266. The molecule has 0 heterocycles. The smallest absolute Gasteiger partial charge is 0.114 e. The van der Waals surface area contributed by atoms with Crippen molar-refractivity contribution in [1.82, 2.24) is 0 Å². The van der Waals surface area contributed by atoms with Gasteiger partial charge in [0.15, 0.2) is 0 Å². The molecule has 1 aliphatic carbocycles. The van der Waals surface area contributed by atoms with Crippen molar-refractivity contribution in [3.63, 3.8) is 0 Å².